The lowest BCUT2D eigenvalue weighted by atomic mass is 9.98. The van der Waals surface area contributed by atoms with Crippen LogP contribution >= 0.6 is 11.6 Å². The molecule has 0 bridgehead atoms. The molecule has 0 atom stereocenters. The number of hydrogen-bond donors (Lipinski definition) is 4. The zero-order valence-electron chi connectivity index (χ0n) is 32.2. The number of carbonyl (C=O) groups excluding carboxylic acids is 2. The van der Waals surface area contributed by atoms with E-state index in [1.165, 1.54) is 0 Å². The van der Waals surface area contributed by atoms with Gasteiger partial charge in [0.25, 0.3) is 0 Å². The fraction of sp³-hybridized carbons (Fsp3) is 0.250. The Morgan fingerprint density at radius 2 is 1.22 bits per heavy atom. The molecule has 60 heavy (non-hydrogen) atoms. The first kappa shape index (κ1) is 43.4. The van der Waals surface area contributed by atoms with Gasteiger partial charge in [0.15, 0.2) is 5.15 Å². The lowest BCUT2D eigenvalue weighted by Gasteiger charge is -2.14. The lowest BCUT2D eigenvalue weighted by Crippen LogP contribution is -2.17. The highest BCUT2D eigenvalue weighted by molar-refractivity contribution is 6.30. The third-order valence-corrected chi connectivity index (χ3v) is 9.29. The summed E-state index contributed by atoms with van der Waals surface area (Å²) in [6, 6.07) is 28.9. The number of imidazole rings is 1. The Kier molecular flexibility index (Phi) is 15.4. The SMILES string of the molecule is CCCCc1nc(Cl)c(COC(=O)OCc2ccc(CON(O)O)cc2)n1Cc1ccc(-c2ccccc2-c2nnn(C(=O)OCc3ccc(CON(O)O)cc3)n2)cc1. The average Bonchev–Trinajstić information content (AvgIpc) is 3.87. The molecule has 6 aromatic rings. The predicted octanol–water partition coefficient (Wildman–Crippen LogP) is 7.31. The Labute approximate surface area is 347 Å². The fourth-order valence-electron chi connectivity index (χ4n) is 5.90. The zero-order valence-corrected chi connectivity index (χ0v) is 33.0. The molecule has 0 saturated carbocycles. The van der Waals surface area contributed by atoms with E-state index >= 15 is 0 Å². The summed E-state index contributed by atoms with van der Waals surface area (Å²) in [5.74, 6) is 0.977. The molecule has 0 amide bonds. The van der Waals surface area contributed by atoms with Gasteiger partial charge in [-0.15, -0.1) is 10.2 Å². The van der Waals surface area contributed by atoms with Gasteiger partial charge in [0, 0.05) is 18.5 Å². The normalized spacial score (nSPS) is 11.3. The first-order chi connectivity index (χ1) is 29.1. The number of hydrogen-bond acceptors (Lipinski definition) is 17. The van der Waals surface area contributed by atoms with Crippen LogP contribution in [0.4, 0.5) is 9.59 Å². The number of rotatable bonds is 19. The summed E-state index contributed by atoms with van der Waals surface area (Å²) >= 11 is 6.61. The van der Waals surface area contributed by atoms with E-state index in [0.717, 1.165) is 40.2 Å². The minimum Gasteiger partial charge on any atom is -0.442 e. The Morgan fingerprint density at radius 1 is 0.683 bits per heavy atom. The standard InChI is InChI=1S/C40H41ClN8O11/c1-2-3-8-36-42-37(41)35(26-58-40(51)57-23-29-11-15-31(16-12-29)25-60-49(54)55)46(36)21-27-17-19-32(20-18-27)33-6-4-5-7-34(33)38-43-45-47(44-38)39(50)56-22-28-9-13-30(14-10-28)24-59-48(52)53/h4-7,9-20,52-55H,2-3,8,21-26H2,1H3. The molecule has 4 N–H and O–H groups in total. The number of carbonyl (C=O) groups is 2. The molecule has 314 valence electrons. The van der Waals surface area contributed by atoms with Crippen molar-refractivity contribution < 1.29 is 54.3 Å². The van der Waals surface area contributed by atoms with E-state index in [9.17, 15) is 9.59 Å². The molecule has 0 fully saturated rings. The highest BCUT2D eigenvalue weighted by atomic mass is 35.5. The van der Waals surface area contributed by atoms with Crippen LogP contribution < -0.4 is 0 Å². The van der Waals surface area contributed by atoms with Crippen LogP contribution in [0.15, 0.2) is 97.1 Å². The summed E-state index contributed by atoms with van der Waals surface area (Å²) < 4.78 is 18.1. The highest BCUT2D eigenvalue weighted by Crippen LogP contribution is 2.31. The smallest absolute Gasteiger partial charge is 0.442 e. The molecule has 4 aromatic carbocycles. The maximum absolute atomic E-state index is 12.8. The highest BCUT2D eigenvalue weighted by Gasteiger charge is 2.20. The van der Waals surface area contributed by atoms with Gasteiger partial charge in [-0.05, 0) is 50.6 Å². The van der Waals surface area contributed by atoms with E-state index in [4.69, 9.17) is 46.6 Å². The number of aromatic nitrogens is 6. The second-order valence-corrected chi connectivity index (χ2v) is 13.5. The minimum absolute atomic E-state index is 0.0502. The zero-order chi connectivity index (χ0) is 42.4. The molecule has 20 heteroatoms. The van der Waals surface area contributed by atoms with Gasteiger partial charge in [-0.25, -0.2) is 24.2 Å². The van der Waals surface area contributed by atoms with Gasteiger partial charge in [-0.2, -0.15) is 0 Å². The molecule has 0 aliphatic heterocycles. The number of aryl methyl sites for hydroxylation is 1. The predicted molar refractivity (Wildman–Crippen MR) is 207 cm³/mol. The third kappa shape index (κ3) is 12.2. The molecule has 0 aliphatic rings. The van der Waals surface area contributed by atoms with Crippen molar-refractivity contribution >= 4 is 23.8 Å². The second-order valence-electron chi connectivity index (χ2n) is 13.2. The van der Waals surface area contributed by atoms with Crippen molar-refractivity contribution in [2.45, 2.75) is 65.8 Å². The maximum atomic E-state index is 12.8. The summed E-state index contributed by atoms with van der Waals surface area (Å²) in [5, 5.41) is 46.6. The topological polar surface area (TPSA) is 229 Å². The van der Waals surface area contributed by atoms with E-state index < -0.39 is 12.2 Å². The number of benzene rings is 4. The van der Waals surface area contributed by atoms with E-state index in [2.05, 4.69) is 37.0 Å². The van der Waals surface area contributed by atoms with Crippen LogP contribution in [0.2, 0.25) is 5.15 Å². The first-order valence-electron chi connectivity index (χ1n) is 18.5. The maximum Gasteiger partial charge on any atom is 0.508 e. The molecule has 0 radical (unpaired) electrons. The quantitative estimate of drug-likeness (QED) is 0.0463. The monoisotopic (exact) mass is 844 g/mol. The van der Waals surface area contributed by atoms with Crippen molar-refractivity contribution in [2.24, 2.45) is 0 Å². The van der Waals surface area contributed by atoms with Crippen LogP contribution in [-0.4, -0.2) is 73.6 Å². The van der Waals surface area contributed by atoms with Crippen LogP contribution in [0.25, 0.3) is 22.5 Å². The van der Waals surface area contributed by atoms with Gasteiger partial charge >= 0.3 is 12.2 Å². The summed E-state index contributed by atoms with van der Waals surface area (Å²) in [4.78, 5) is 39.9. The average molecular weight is 845 g/mol. The second kappa shape index (κ2) is 21.2. The Hall–Kier alpha value is -6.13. The molecule has 2 aromatic heterocycles. The molecule has 6 rings (SSSR count). The summed E-state index contributed by atoms with van der Waals surface area (Å²) in [7, 11) is 0. The number of nitrogens with zero attached hydrogens (tertiary/aromatic N) is 8. The van der Waals surface area contributed by atoms with Crippen molar-refractivity contribution in [3.8, 4) is 22.5 Å². The van der Waals surface area contributed by atoms with Crippen LogP contribution in [0.1, 0.15) is 59.1 Å². The van der Waals surface area contributed by atoms with Crippen molar-refractivity contribution in [1.29, 1.82) is 0 Å². The van der Waals surface area contributed by atoms with E-state index in [0.29, 0.717) is 46.5 Å². The summed E-state index contributed by atoms with van der Waals surface area (Å²) in [6.45, 7) is 2.07. The van der Waals surface area contributed by atoms with Crippen LogP contribution in [-0.2, 0) is 69.9 Å². The van der Waals surface area contributed by atoms with Crippen molar-refractivity contribution in [1.82, 2.24) is 40.5 Å². The number of halogens is 1. The third-order valence-electron chi connectivity index (χ3n) is 8.99. The van der Waals surface area contributed by atoms with Gasteiger partial charge in [0.05, 0.1) is 29.7 Å². The van der Waals surface area contributed by atoms with Crippen molar-refractivity contribution in [2.75, 3.05) is 0 Å². The summed E-state index contributed by atoms with van der Waals surface area (Å²) in [6.07, 6.45) is 0.786. The Bertz CT molecular complexity index is 2320. The van der Waals surface area contributed by atoms with E-state index in [-0.39, 0.29) is 54.8 Å². The van der Waals surface area contributed by atoms with Crippen LogP contribution in [0.3, 0.4) is 0 Å². The van der Waals surface area contributed by atoms with Gasteiger partial charge in [0.2, 0.25) is 5.82 Å². The number of unbranched alkanes of at least 4 members (excludes halogenated alkanes) is 1. The van der Waals surface area contributed by atoms with Gasteiger partial charge < -0.3 is 18.8 Å². The lowest BCUT2D eigenvalue weighted by molar-refractivity contribution is -0.497. The van der Waals surface area contributed by atoms with Crippen molar-refractivity contribution in [3.05, 3.63) is 142 Å². The Morgan fingerprint density at radius 3 is 1.80 bits per heavy atom. The molecular formula is C40H41ClN8O11. The van der Waals surface area contributed by atoms with Crippen LogP contribution in [0, 0.1) is 0 Å². The fourth-order valence-corrected chi connectivity index (χ4v) is 6.15. The van der Waals surface area contributed by atoms with Gasteiger partial charge in [0.1, 0.15) is 25.6 Å². The van der Waals surface area contributed by atoms with Crippen LogP contribution in [0.5, 0.6) is 0 Å². The first-order valence-corrected chi connectivity index (χ1v) is 18.9. The van der Waals surface area contributed by atoms with E-state index in [1.807, 2.05) is 53.1 Å². The number of tetrazole rings is 1. The molecular weight excluding hydrogens is 804 g/mol. The molecule has 2 heterocycles. The molecule has 0 aliphatic carbocycles. The molecule has 0 saturated heterocycles. The number of ether oxygens (including phenoxy) is 3. The van der Waals surface area contributed by atoms with Crippen molar-refractivity contribution in [3.63, 3.8) is 0 Å². The van der Waals surface area contributed by atoms with Gasteiger partial charge in [-0.3, -0.25) is 20.8 Å². The van der Waals surface area contributed by atoms with Gasteiger partial charge in [-0.1, -0.05) is 127 Å². The largest absolute Gasteiger partial charge is 0.508 e. The summed E-state index contributed by atoms with van der Waals surface area (Å²) in [5.41, 5.74) is 6.46. The molecule has 19 nitrogen and oxygen atoms in total. The molecule has 0 unspecified atom stereocenters. The van der Waals surface area contributed by atoms with E-state index in [1.54, 1.807) is 48.5 Å². The minimum atomic E-state index is -0.887. The Balaban J connectivity index is 1.08. The molecule has 0 spiro atoms.